The highest BCUT2D eigenvalue weighted by Gasteiger charge is 2.41. The first-order valence-electron chi connectivity index (χ1n) is 13.3. The first kappa shape index (κ1) is 24.2. The first-order valence-corrected chi connectivity index (χ1v) is 13.3. The van der Waals surface area contributed by atoms with Crippen molar-refractivity contribution in [2.45, 2.75) is 154 Å². The highest BCUT2D eigenvalue weighted by molar-refractivity contribution is 4.96. The minimum absolute atomic E-state index is 0.364. The summed E-state index contributed by atoms with van der Waals surface area (Å²) in [5, 5.41) is 2.76. The molecule has 0 bridgehead atoms. The van der Waals surface area contributed by atoms with Crippen molar-refractivity contribution < 1.29 is 0 Å². The molecular weight excluding hydrogens is 340 g/mol. The molecule has 2 unspecified atom stereocenters. The molecule has 0 aromatic carbocycles. The van der Waals surface area contributed by atoms with Gasteiger partial charge in [-0.3, -0.25) is 0 Å². The molecule has 2 fully saturated rings. The van der Waals surface area contributed by atoms with Crippen molar-refractivity contribution in [3.8, 4) is 0 Å². The number of fused-ring (bicyclic) bond motifs is 1. The highest BCUT2D eigenvalue weighted by Crippen LogP contribution is 2.38. The summed E-state index contributed by atoms with van der Waals surface area (Å²) in [5.74, 6) is 0.914. The SMILES string of the molecule is CCCCCCCCCC1CC(CC)(CC)NN2CCCCCCCCCC12. The molecule has 0 amide bonds. The molecule has 0 saturated carbocycles. The second-order valence-electron chi connectivity index (χ2n) is 10.00. The Morgan fingerprint density at radius 3 is 2.04 bits per heavy atom. The van der Waals surface area contributed by atoms with Gasteiger partial charge in [0.25, 0.3) is 0 Å². The highest BCUT2D eigenvalue weighted by atomic mass is 15.6. The second kappa shape index (κ2) is 14.0. The van der Waals surface area contributed by atoms with Gasteiger partial charge in [0, 0.05) is 18.1 Å². The van der Waals surface area contributed by atoms with Gasteiger partial charge in [-0.15, -0.1) is 0 Å². The largest absolute Gasteiger partial charge is 0.249 e. The van der Waals surface area contributed by atoms with Crippen molar-refractivity contribution in [3.05, 3.63) is 0 Å². The molecule has 2 rings (SSSR count). The fourth-order valence-electron chi connectivity index (χ4n) is 5.81. The van der Waals surface area contributed by atoms with Crippen LogP contribution in [0.4, 0.5) is 0 Å². The Balaban J connectivity index is 1.94. The van der Waals surface area contributed by atoms with Crippen LogP contribution in [0.1, 0.15) is 143 Å². The van der Waals surface area contributed by atoms with Gasteiger partial charge in [-0.05, 0) is 44.4 Å². The normalized spacial score (nSPS) is 27.1. The van der Waals surface area contributed by atoms with Crippen LogP contribution in [0.2, 0.25) is 0 Å². The molecule has 1 N–H and O–H groups in total. The van der Waals surface area contributed by atoms with Crippen LogP contribution < -0.4 is 5.43 Å². The lowest BCUT2D eigenvalue weighted by Gasteiger charge is -2.52. The van der Waals surface area contributed by atoms with Gasteiger partial charge < -0.3 is 0 Å². The van der Waals surface area contributed by atoms with Crippen LogP contribution in [-0.2, 0) is 0 Å². The number of nitrogens with zero attached hydrogens (tertiary/aromatic N) is 1. The minimum atomic E-state index is 0.364. The fraction of sp³-hybridized carbons (Fsp3) is 1.00. The third-order valence-corrected chi connectivity index (χ3v) is 7.91. The van der Waals surface area contributed by atoms with Gasteiger partial charge >= 0.3 is 0 Å². The van der Waals surface area contributed by atoms with Gasteiger partial charge in [-0.25, -0.2) is 10.4 Å². The van der Waals surface area contributed by atoms with Crippen LogP contribution in [0.15, 0.2) is 0 Å². The third-order valence-electron chi connectivity index (χ3n) is 7.91. The van der Waals surface area contributed by atoms with Crippen molar-refractivity contribution in [3.63, 3.8) is 0 Å². The predicted octanol–water partition coefficient (Wildman–Crippen LogP) is 8.02. The standard InChI is InChI=1S/C26H52N2/c1-4-7-8-9-11-14-17-20-24-23-26(5-2,6-3)27-28-22-19-16-13-10-12-15-18-21-25(24)28/h24-25,27H,4-23H2,1-3H3. The van der Waals surface area contributed by atoms with E-state index in [0.717, 1.165) is 12.0 Å². The maximum Gasteiger partial charge on any atom is 0.0324 e. The van der Waals surface area contributed by atoms with Crippen LogP contribution >= 0.6 is 0 Å². The molecule has 0 aromatic rings. The Labute approximate surface area is 177 Å². The predicted molar refractivity (Wildman–Crippen MR) is 125 cm³/mol. The number of hydrazine groups is 1. The van der Waals surface area contributed by atoms with Gasteiger partial charge in [0.15, 0.2) is 0 Å². The monoisotopic (exact) mass is 392 g/mol. The van der Waals surface area contributed by atoms with Gasteiger partial charge in [0.05, 0.1) is 0 Å². The first-order chi connectivity index (χ1) is 13.7. The van der Waals surface area contributed by atoms with Crippen molar-refractivity contribution >= 4 is 0 Å². The number of nitrogens with one attached hydrogen (secondary N) is 1. The van der Waals surface area contributed by atoms with Crippen LogP contribution in [-0.4, -0.2) is 23.1 Å². The van der Waals surface area contributed by atoms with Crippen molar-refractivity contribution in [1.29, 1.82) is 0 Å². The van der Waals surface area contributed by atoms with Crippen LogP contribution in [0, 0.1) is 5.92 Å². The molecule has 28 heavy (non-hydrogen) atoms. The van der Waals surface area contributed by atoms with E-state index in [0.29, 0.717) is 5.54 Å². The summed E-state index contributed by atoms with van der Waals surface area (Å²) in [7, 11) is 0. The molecule has 2 nitrogen and oxygen atoms in total. The Bertz CT molecular complexity index is 377. The fourth-order valence-corrected chi connectivity index (χ4v) is 5.81. The summed E-state index contributed by atoms with van der Waals surface area (Å²) >= 11 is 0. The summed E-state index contributed by atoms with van der Waals surface area (Å²) in [6.45, 7) is 8.42. The Kier molecular flexibility index (Phi) is 12.1. The van der Waals surface area contributed by atoms with Crippen LogP contribution in [0.3, 0.4) is 0 Å². The molecule has 0 aromatic heterocycles. The van der Waals surface area contributed by atoms with E-state index in [1.54, 1.807) is 0 Å². The minimum Gasteiger partial charge on any atom is -0.249 e. The van der Waals surface area contributed by atoms with E-state index in [1.807, 2.05) is 0 Å². The Morgan fingerprint density at radius 2 is 1.36 bits per heavy atom. The van der Waals surface area contributed by atoms with E-state index in [1.165, 1.54) is 129 Å². The zero-order valence-corrected chi connectivity index (χ0v) is 19.7. The maximum absolute atomic E-state index is 4.09. The molecule has 2 aliphatic rings. The van der Waals surface area contributed by atoms with Crippen molar-refractivity contribution in [1.82, 2.24) is 10.4 Å². The lowest BCUT2D eigenvalue weighted by Crippen LogP contribution is -2.64. The third kappa shape index (κ3) is 7.98. The zero-order chi connectivity index (χ0) is 20.1. The van der Waals surface area contributed by atoms with Gasteiger partial charge in [0.1, 0.15) is 0 Å². The lowest BCUT2D eigenvalue weighted by molar-refractivity contribution is -0.0455. The molecule has 166 valence electrons. The summed E-state index contributed by atoms with van der Waals surface area (Å²) < 4.78 is 0. The number of hydrogen-bond acceptors (Lipinski definition) is 2. The molecule has 2 atom stereocenters. The van der Waals surface area contributed by atoms with E-state index in [9.17, 15) is 0 Å². The molecule has 0 spiro atoms. The molecule has 2 saturated heterocycles. The maximum atomic E-state index is 4.09. The van der Waals surface area contributed by atoms with Crippen LogP contribution in [0.5, 0.6) is 0 Å². The van der Waals surface area contributed by atoms with E-state index in [-0.39, 0.29) is 0 Å². The zero-order valence-electron chi connectivity index (χ0n) is 19.7. The smallest absolute Gasteiger partial charge is 0.0324 e. The average Bonchev–Trinajstić information content (AvgIpc) is 2.77. The lowest BCUT2D eigenvalue weighted by atomic mass is 9.74. The molecule has 2 heteroatoms. The quantitative estimate of drug-likeness (QED) is 0.379. The van der Waals surface area contributed by atoms with Crippen LogP contribution in [0.25, 0.3) is 0 Å². The molecule has 2 heterocycles. The Morgan fingerprint density at radius 1 is 0.750 bits per heavy atom. The molecule has 0 radical (unpaired) electrons. The number of unbranched alkanes of at least 4 members (excludes halogenated alkanes) is 6. The molecule has 0 aliphatic carbocycles. The van der Waals surface area contributed by atoms with Crippen molar-refractivity contribution in [2.24, 2.45) is 5.92 Å². The average molecular weight is 393 g/mol. The van der Waals surface area contributed by atoms with Gasteiger partial charge in [-0.2, -0.15) is 0 Å². The summed E-state index contributed by atoms with van der Waals surface area (Å²) in [4.78, 5) is 0. The Hall–Kier alpha value is -0.0800. The van der Waals surface area contributed by atoms with Gasteiger partial charge in [-0.1, -0.05) is 104 Å². The summed E-state index contributed by atoms with van der Waals surface area (Å²) in [6.07, 6.45) is 27.1. The van der Waals surface area contributed by atoms with Crippen molar-refractivity contribution in [2.75, 3.05) is 6.54 Å². The molecule has 2 aliphatic heterocycles. The topological polar surface area (TPSA) is 15.3 Å². The summed E-state index contributed by atoms with van der Waals surface area (Å²) in [6, 6.07) is 0.796. The summed E-state index contributed by atoms with van der Waals surface area (Å²) in [5.41, 5.74) is 4.46. The van der Waals surface area contributed by atoms with E-state index < -0.39 is 0 Å². The van der Waals surface area contributed by atoms with E-state index >= 15 is 0 Å². The molecular formula is C26H52N2. The second-order valence-corrected chi connectivity index (χ2v) is 10.00. The van der Waals surface area contributed by atoms with E-state index in [4.69, 9.17) is 0 Å². The van der Waals surface area contributed by atoms with Gasteiger partial charge in [0.2, 0.25) is 0 Å². The number of rotatable bonds is 10. The van der Waals surface area contributed by atoms with E-state index in [2.05, 4.69) is 31.2 Å². The number of hydrogen-bond donors (Lipinski definition) is 1.